The first-order valence-electron chi connectivity index (χ1n) is 6.47. The molecule has 0 bridgehead atoms. The van der Waals surface area contributed by atoms with Crippen molar-refractivity contribution in [1.82, 2.24) is 4.90 Å². The molecule has 108 valence electrons. The Hall–Kier alpha value is -1.82. The highest BCUT2D eigenvalue weighted by Gasteiger charge is 2.26. The minimum atomic E-state index is -0.736. The van der Waals surface area contributed by atoms with Gasteiger partial charge in [-0.05, 0) is 37.6 Å². The zero-order chi connectivity index (χ0) is 14.7. The Balaban J connectivity index is 2.04. The highest BCUT2D eigenvalue weighted by molar-refractivity contribution is 5.97. The summed E-state index contributed by atoms with van der Waals surface area (Å²) in [6.45, 7) is 0.995. The van der Waals surface area contributed by atoms with Gasteiger partial charge in [0.1, 0.15) is 11.6 Å². The van der Waals surface area contributed by atoms with Crippen molar-refractivity contribution in [2.75, 3.05) is 19.6 Å². The summed E-state index contributed by atoms with van der Waals surface area (Å²) in [6.07, 6.45) is 1.46. The number of Topliss-reactive ketones (excluding diaryl/α,β-unsaturated/α-hetero) is 1. The fourth-order valence-corrected chi connectivity index (χ4v) is 2.43. The van der Waals surface area contributed by atoms with Crippen molar-refractivity contribution in [3.63, 3.8) is 0 Å². The van der Waals surface area contributed by atoms with Crippen LogP contribution in [0.1, 0.15) is 23.2 Å². The molecule has 0 saturated carbocycles. The molecule has 4 nitrogen and oxygen atoms in total. The molecule has 1 atom stereocenters. The third-order valence-corrected chi connectivity index (χ3v) is 3.50. The Bertz CT molecular complexity index is 534. The van der Waals surface area contributed by atoms with E-state index < -0.39 is 17.4 Å². The molecule has 1 fully saturated rings. The van der Waals surface area contributed by atoms with Gasteiger partial charge in [0.15, 0.2) is 5.78 Å². The van der Waals surface area contributed by atoms with Gasteiger partial charge in [0.25, 0.3) is 0 Å². The van der Waals surface area contributed by atoms with Crippen LogP contribution < -0.4 is 5.73 Å². The van der Waals surface area contributed by atoms with E-state index in [9.17, 15) is 18.4 Å². The second-order valence-electron chi connectivity index (χ2n) is 5.02. The predicted molar refractivity (Wildman–Crippen MR) is 69.0 cm³/mol. The topological polar surface area (TPSA) is 63.4 Å². The van der Waals surface area contributed by atoms with E-state index in [0.29, 0.717) is 19.5 Å². The number of carbonyl (C=O) groups is 2. The number of benzene rings is 1. The van der Waals surface area contributed by atoms with Crippen molar-refractivity contribution in [2.24, 2.45) is 11.7 Å². The van der Waals surface area contributed by atoms with Crippen LogP contribution in [-0.4, -0.2) is 36.2 Å². The van der Waals surface area contributed by atoms with E-state index in [1.807, 2.05) is 0 Å². The van der Waals surface area contributed by atoms with Crippen molar-refractivity contribution >= 4 is 11.7 Å². The first-order chi connectivity index (χ1) is 9.47. The number of carbonyl (C=O) groups excluding carboxylic acids is 2. The lowest BCUT2D eigenvalue weighted by Gasteiger charge is -2.30. The quantitative estimate of drug-likeness (QED) is 0.848. The monoisotopic (exact) mass is 282 g/mol. The number of amides is 1. The molecule has 0 radical (unpaired) electrons. The molecule has 1 aromatic carbocycles. The van der Waals surface area contributed by atoms with Crippen LogP contribution >= 0.6 is 0 Å². The summed E-state index contributed by atoms with van der Waals surface area (Å²) in [5.74, 6) is -2.55. The van der Waals surface area contributed by atoms with Crippen LogP contribution in [0.4, 0.5) is 8.78 Å². The largest absolute Gasteiger partial charge is 0.369 e. The molecule has 1 aliphatic rings. The maximum absolute atomic E-state index is 13.5. The van der Waals surface area contributed by atoms with E-state index in [-0.39, 0.29) is 23.9 Å². The lowest BCUT2D eigenvalue weighted by Crippen LogP contribution is -2.43. The molecule has 2 rings (SSSR count). The lowest BCUT2D eigenvalue weighted by atomic mass is 9.97. The number of hydrogen-bond acceptors (Lipinski definition) is 3. The van der Waals surface area contributed by atoms with Gasteiger partial charge in [0.2, 0.25) is 5.91 Å². The zero-order valence-corrected chi connectivity index (χ0v) is 10.9. The summed E-state index contributed by atoms with van der Waals surface area (Å²) < 4.78 is 26.6. The number of ketones is 1. The van der Waals surface area contributed by atoms with Gasteiger partial charge < -0.3 is 5.73 Å². The van der Waals surface area contributed by atoms with E-state index in [0.717, 1.165) is 24.6 Å². The first-order valence-corrected chi connectivity index (χ1v) is 6.47. The maximum atomic E-state index is 13.5. The van der Waals surface area contributed by atoms with Gasteiger partial charge in [-0.3, -0.25) is 14.5 Å². The average Bonchev–Trinajstić information content (AvgIpc) is 2.41. The summed E-state index contributed by atoms with van der Waals surface area (Å²) in [7, 11) is 0. The zero-order valence-electron chi connectivity index (χ0n) is 10.9. The molecule has 1 saturated heterocycles. The fraction of sp³-hybridized carbons (Fsp3) is 0.429. The van der Waals surface area contributed by atoms with Gasteiger partial charge in [-0.25, -0.2) is 8.78 Å². The van der Waals surface area contributed by atoms with Crippen LogP contribution in [0.3, 0.4) is 0 Å². The third-order valence-electron chi connectivity index (χ3n) is 3.50. The Morgan fingerprint density at radius 3 is 2.80 bits per heavy atom. The third kappa shape index (κ3) is 3.39. The molecule has 1 unspecified atom stereocenters. The van der Waals surface area contributed by atoms with E-state index in [2.05, 4.69) is 0 Å². The average molecular weight is 282 g/mol. The highest BCUT2D eigenvalue weighted by atomic mass is 19.1. The number of nitrogens with two attached hydrogens (primary N) is 1. The standard InChI is InChI=1S/C14H16F2N2O2/c15-10-3-4-12(16)11(6-10)13(19)8-18-5-1-2-9(7-18)14(17)20/h3-4,6,9H,1-2,5,7-8H2,(H2,17,20). The van der Waals surface area contributed by atoms with Crippen molar-refractivity contribution in [1.29, 1.82) is 0 Å². The summed E-state index contributed by atoms with van der Waals surface area (Å²) >= 11 is 0. The lowest BCUT2D eigenvalue weighted by molar-refractivity contribution is -0.123. The molecule has 20 heavy (non-hydrogen) atoms. The van der Waals surface area contributed by atoms with E-state index in [4.69, 9.17) is 5.73 Å². The van der Waals surface area contributed by atoms with Gasteiger partial charge in [0, 0.05) is 6.54 Å². The number of hydrogen-bond donors (Lipinski definition) is 1. The number of halogens is 2. The predicted octanol–water partition coefficient (Wildman–Crippen LogP) is 1.34. The van der Waals surface area contributed by atoms with Gasteiger partial charge in [-0.1, -0.05) is 0 Å². The van der Waals surface area contributed by atoms with Crippen molar-refractivity contribution in [3.8, 4) is 0 Å². The molecule has 1 heterocycles. The van der Waals surface area contributed by atoms with Crippen LogP contribution in [-0.2, 0) is 4.79 Å². The highest BCUT2D eigenvalue weighted by Crippen LogP contribution is 2.17. The minimum Gasteiger partial charge on any atom is -0.369 e. The first kappa shape index (κ1) is 14.6. The SMILES string of the molecule is NC(=O)C1CCCN(CC(=O)c2cc(F)ccc2F)C1. The van der Waals surface area contributed by atoms with Crippen LogP contribution in [0.5, 0.6) is 0 Å². The van der Waals surface area contributed by atoms with Gasteiger partial charge in [0.05, 0.1) is 18.0 Å². The molecule has 1 amide bonds. The van der Waals surface area contributed by atoms with Crippen LogP contribution in [0.15, 0.2) is 18.2 Å². The minimum absolute atomic E-state index is 0.0375. The molecule has 0 aromatic heterocycles. The van der Waals surface area contributed by atoms with Gasteiger partial charge in [-0.15, -0.1) is 0 Å². The normalized spacial score (nSPS) is 19.8. The molecule has 0 spiro atoms. The Morgan fingerprint density at radius 1 is 1.35 bits per heavy atom. The second kappa shape index (κ2) is 6.09. The van der Waals surface area contributed by atoms with Gasteiger partial charge >= 0.3 is 0 Å². The summed E-state index contributed by atoms with van der Waals surface area (Å²) in [5.41, 5.74) is 5.00. The van der Waals surface area contributed by atoms with Crippen LogP contribution in [0, 0.1) is 17.6 Å². The molecule has 1 aliphatic heterocycles. The number of piperidine rings is 1. The van der Waals surface area contributed by atoms with Crippen molar-refractivity contribution < 1.29 is 18.4 Å². The Morgan fingerprint density at radius 2 is 2.10 bits per heavy atom. The number of nitrogens with zero attached hydrogens (tertiary/aromatic N) is 1. The van der Waals surface area contributed by atoms with E-state index in [1.165, 1.54) is 0 Å². The number of rotatable bonds is 4. The molecule has 6 heteroatoms. The molecular formula is C14H16F2N2O2. The summed E-state index contributed by atoms with van der Waals surface area (Å²) in [6, 6.07) is 2.80. The number of primary amides is 1. The van der Waals surface area contributed by atoms with Gasteiger partial charge in [-0.2, -0.15) is 0 Å². The second-order valence-corrected chi connectivity index (χ2v) is 5.02. The van der Waals surface area contributed by atoms with E-state index in [1.54, 1.807) is 4.90 Å². The smallest absolute Gasteiger partial charge is 0.221 e. The van der Waals surface area contributed by atoms with E-state index >= 15 is 0 Å². The fourth-order valence-electron chi connectivity index (χ4n) is 2.43. The Labute approximate surface area is 115 Å². The summed E-state index contributed by atoms with van der Waals surface area (Å²) in [4.78, 5) is 24.9. The van der Waals surface area contributed by atoms with Crippen LogP contribution in [0.25, 0.3) is 0 Å². The molecule has 2 N–H and O–H groups in total. The number of likely N-dealkylation sites (tertiary alicyclic amines) is 1. The molecular weight excluding hydrogens is 266 g/mol. The van der Waals surface area contributed by atoms with Crippen LogP contribution in [0.2, 0.25) is 0 Å². The van der Waals surface area contributed by atoms with Crippen molar-refractivity contribution in [2.45, 2.75) is 12.8 Å². The molecule has 0 aliphatic carbocycles. The summed E-state index contributed by atoms with van der Waals surface area (Å²) in [5, 5.41) is 0. The van der Waals surface area contributed by atoms with Crippen molar-refractivity contribution in [3.05, 3.63) is 35.4 Å². The maximum Gasteiger partial charge on any atom is 0.221 e. The molecule has 1 aromatic rings. The Kier molecular flexibility index (Phi) is 4.44.